The Hall–Kier alpha value is -0.490. The van der Waals surface area contributed by atoms with Crippen molar-refractivity contribution in [3.05, 3.63) is 0 Å². The zero-order chi connectivity index (χ0) is 28.6. The lowest BCUT2D eigenvalue weighted by molar-refractivity contribution is -0.383. The van der Waals surface area contributed by atoms with Crippen LogP contribution in [0.4, 0.5) is 0 Å². The molecule has 224 valence electrons. The van der Waals surface area contributed by atoms with Gasteiger partial charge >= 0.3 is 7.82 Å². The van der Waals surface area contributed by atoms with E-state index in [-0.39, 0.29) is 0 Å². The van der Waals surface area contributed by atoms with Crippen molar-refractivity contribution in [3.63, 3.8) is 0 Å². The van der Waals surface area contributed by atoms with E-state index in [0.29, 0.717) is 0 Å². The number of rotatable bonds is 10. The monoisotopic (exact) mass is 584 g/mol. The van der Waals surface area contributed by atoms with E-state index < -0.39 is 120 Å². The van der Waals surface area contributed by atoms with Crippen LogP contribution in [0.2, 0.25) is 0 Å². The highest BCUT2D eigenvalue weighted by molar-refractivity contribution is 7.47. The predicted octanol–water partition coefficient (Wildman–Crippen LogP) is -7.45. The lowest BCUT2D eigenvalue weighted by Crippen LogP contribution is -2.62. The molecule has 3 rings (SSSR count). The summed E-state index contributed by atoms with van der Waals surface area (Å²) >= 11 is 0. The van der Waals surface area contributed by atoms with Crippen molar-refractivity contribution in [2.75, 3.05) is 26.4 Å². The molecule has 0 aromatic rings. The van der Waals surface area contributed by atoms with Gasteiger partial charge in [0.15, 0.2) is 12.6 Å². The molecular weight excluding hydrogens is 551 g/mol. The Kier molecular flexibility index (Phi) is 10.6. The highest BCUT2D eigenvalue weighted by Crippen LogP contribution is 2.47. The largest absolute Gasteiger partial charge is 0.472 e. The molecule has 12 N–H and O–H groups in total. The number of hydrogen-bond acceptors (Lipinski definition) is 18. The zero-order valence-corrected chi connectivity index (χ0v) is 20.4. The lowest BCUT2D eigenvalue weighted by atomic mass is 9.99. The first kappa shape index (κ1) is 32.0. The quantitative estimate of drug-likeness (QED) is 0.106. The molecule has 2 unspecified atom stereocenters. The average molecular weight is 584 g/mol. The molecular formula is C18H33O19P. The Labute approximate surface area is 214 Å². The van der Waals surface area contributed by atoms with Crippen molar-refractivity contribution in [3.8, 4) is 0 Å². The number of ether oxygens (including phenoxy) is 4. The van der Waals surface area contributed by atoms with Gasteiger partial charge in [-0.3, -0.25) is 9.05 Å². The van der Waals surface area contributed by atoms with E-state index in [0.717, 1.165) is 0 Å². The fourth-order valence-corrected chi connectivity index (χ4v) is 5.09. The van der Waals surface area contributed by atoms with Gasteiger partial charge in [-0.15, -0.1) is 0 Å². The van der Waals surface area contributed by atoms with Crippen molar-refractivity contribution >= 4 is 7.82 Å². The van der Waals surface area contributed by atoms with Crippen molar-refractivity contribution in [2.45, 2.75) is 85.5 Å². The summed E-state index contributed by atoms with van der Waals surface area (Å²) in [7, 11) is -5.23. The molecule has 0 amide bonds. The molecule has 38 heavy (non-hydrogen) atoms. The Morgan fingerprint density at radius 1 is 0.737 bits per heavy atom. The second kappa shape index (κ2) is 12.6. The maximum Gasteiger partial charge on any atom is 0.472 e. The highest BCUT2D eigenvalue weighted by Gasteiger charge is 2.58. The number of aliphatic hydroxyl groups is 11. The normalized spacial score (nSPS) is 49.6. The molecule has 0 bridgehead atoms. The molecule has 3 saturated heterocycles. The van der Waals surface area contributed by atoms with E-state index in [4.69, 9.17) is 28.6 Å². The molecule has 0 radical (unpaired) electrons. The Morgan fingerprint density at radius 2 is 1.34 bits per heavy atom. The maximum atomic E-state index is 12.4. The van der Waals surface area contributed by atoms with Crippen molar-refractivity contribution in [1.29, 1.82) is 0 Å². The third-order valence-corrected chi connectivity index (χ3v) is 7.38. The molecule has 0 aromatic heterocycles. The minimum Gasteiger partial charge on any atom is -0.394 e. The Bertz CT molecular complexity index is 821. The van der Waals surface area contributed by atoms with Crippen molar-refractivity contribution in [1.82, 2.24) is 0 Å². The summed E-state index contributed by atoms with van der Waals surface area (Å²) in [4.78, 5) is 10.0. The zero-order valence-electron chi connectivity index (χ0n) is 19.5. The second-order valence-electron chi connectivity index (χ2n) is 8.94. The highest BCUT2D eigenvalue weighted by atomic mass is 31.2. The molecule has 15 atom stereocenters. The third-order valence-electron chi connectivity index (χ3n) is 6.39. The number of hydrogen-bond donors (Lipinski definition) is 12. The Balaban J connectivity index is 1.67. The van der Waals surface area contributed by atoms with Gasteiger partial charge in [0.25, 0.3) is 0 Å². The van der Waals surface area contributed by atoms with E-state index in [1.165, 1.54) is 0 Å². The first-order valence-corrected chi connectivity index (χ1v) is 12.8. The summed E-state index contributed by atoms with van der Waals surface area (Å²) in [6.07, 6.45) is -24.3. The first-order valence-electron chi connectivity index (χ1n) is 11.3. The van der Waals surface area contributed by atoms with Crippen LogP contribution in [0.1, 0.15) is 0 Å². The maximum absolute atomic E-state index is 12.4. The molecule has 0 saturated carbocycles. The first-order chi connectivity index (χ1) is 17.7. The van der Waals surface area contributed by atoms with Crippen LogP contribution in [0.25, 0.3) is 0 Å². The minimum atomic E-state index is -5.23. The fraction of sp³-hybridized carbons (Fsp3) is 1.00. The molecule has 0 spiro atoms. The second-order valence-corrected chi connectivity index (χ2v) is 10.3. The molecule has 3 heterocycles. The van der Waals surface area contributed by atoms with E-state index in [2.05, 4.69) is 4.52 Å². The van der Waals surface area contributed by atoms with E-state index in [1.54, 1.807) is 0 Å². The van der Waals surface area contributed by atoms with E-state index >= 15 is 0 Å². The summed E-state index contributed by atoms with van der Waals surface area (Å²) in [6.45, 7) is -3.79. The molecule has 19 nitrogen and oxygen atoms in total. The number of phosphoric acid groups is 1. The van der Waals surface area contributed by atoms with Crippen molar-refractivity contribution < 1.29 is 93.6 Å². The van der Waals surface area contributed by atoms with Gasteiger partial charge in [-0.2, -0.15) is 0 Å². The van der Waals surface area contributed by atoms with Gasteiger partial charge in [0.05, 0.1) is 19.8 Å². The number of aliphatic hydroxyl groups excluding tert-OH is 11. The lowest BCUT2D eigenvalue weighted by Gasteiger charge is -2.43. The minimum absolute atomic E-state index is 0.798. The van der Waals surface area contributed by atoms with Crippen LogP contribution >= 0.6 is 7.82 Å². The molecule has 0 aromatic carbocycles. The fourth-order valence-electron chi connectivity index (χ4n) is 4.16. The predicted molar refractivity (Wildman–Crippen MR) is 112 cm³/mol. The van der Waals surface area contributed by atoms with Gasteiger partial charge < -0.3 is 80.0 Å². The summed E-state index contributed by atoms with van der Waals surface area (Å²) in [5.74, 6) is -2.46. The smallest absolute Gasteiger partial charge is 0.394 e. The van der Waals surface area contributed by atoms with Gasteiger partial charge in [-0.1, -0.05) is 0 Å². The molecule has 3 aliphatic rings. The van der Waals surface area contributed by atoms with Gasteiger partial charge in [0.1, 0.15) is 73.8 Å². The Morgan fingerprint density at radius 3 is 1.89 bits per heavy atom. The SMILES string of the molecule is O=P(O)(OC[C@H]1O[C@H](O[C@]2(CO)O[C@H](CO)[C@@H](O)[C@@H]2O)[C@H](O)[C@@H](O)[C@@H]1O)O[C@H]1C(O)O[C@H](CO)[C@@H](O)[C@@H]1O. The standard InChI is InChI=1S/C18H33O19P/c19-1-5-8(22)12(26)14(16(29)33-5)37-38(30,31)32-3-7-9(23)11(25)13(27)17(34-7)36-18(4-21)15(28)10(24)6(2-20)35-18/h5-17,19-29H,1-4H2,(H,30,31)/t5-,6-,7-,8-,9-,10-,11+,12+,13-,14-,15+,16?,17-,18+/m1/s1. The van der Waals surface area contributed by atoms with E-state index in [9.17, 15) is 60.5 Å². The molecule has 3 fully saturated rings. The topological polar surface area (TPSA) is 315 Å². The summed E-state index contributed by atoms with van der Waals surface area (Å²) in [6, 6.07) is 0. The molecule has 20 heteroatoms. The number of phosphoric ester groups is 1. The van der Waals surface area contributed by atoms with Crippen LogP contribution in [-0.4, -0.2) is 173 Å². The summed E-state index contributed by atoms with van der Waals surface area (Å²) in [5, 5.41) is 109. The average Bonchev–Trinajstić information content (AvgIpc) is 3.13. The van der Waals surface area contributed by atoms with Crippen LogP contribution in [0, 0.1) is 0 Å². The van der Waals surface area contributed by atoms with Gasteiger partial charge in [-0.25, -0.2) is 4.57 Å². The van der Waals surface area contributed by atoms with Crippen LogP contribution < -0.4 is 0 Å². The van der Waals surface area contributed by atoms with Crippen molar-refractivity contribution in [2.24, 2.45) is 0 Å². The van der Waals surface area contributed by atoms with Gasteiger partial charge in [-0.05, 0) is 0 Å². The summed E-state index contributed by atoms with van der Waals surface area (Å²) in [5.41, 5.74) is 0. The third kappa shape index (κ3) is 6.37. The summed E-state index contributed by atoms with van der Waals surface area (Å²) < 4.78 is 42.3. The molecule has 0 aliphatic carbocycles. The van der Waals surface area contributed by atoms with Crippen LogP contribution in [0.15, 0.2) is 0 Å². The van der Waals surface area contributed by atoms with E-state index in [1.807, 2.05) is 0 Å². The molecule has 3 aliphatic heterocycles. The van der Waals surface area contributed by atoms with Gasteiger partial charge in [0.2, 0.25) is 5.79 Å². The van der Waals surface area contributed by atoms with Crippen LogP contribution in [0.5, 0.6) is 0 Å². The van der Waals surface area contributed by atoms with Crippen LogP contribution in [-0.2, 0) is 32.6 Å². The van der Waals surface area contributed by atoms with Gasteiger partial charge in [0, 0.05) is 0 Å². The van der Waals surface area contributed by atoms with Crippen LogP contribution in [0.3, 0.4) is 0 Å².